The number of fused-ring (bicyclic) bond motifs is 1. The Bertz CT molecular complexity index is 1120. The lowest BCUT2D eigenvalue weighted by atomic mass is 9.57. The molecule has 0 unspecified atom stereocenters. The van der Waals surface area contributed by atoms with Crippen LogP contribution in [0.15, 0.2) is 23.8 Å². The van der Waals surface area contributed by atoms with E-state index in [4.69, 9.17) is 23.7 Å². The zero-order valence-electron chi connectivity index (χ0n) is 22.9. The van der Waals surface area contributed by atoms with Crippen molar-refractivity contribution < 1.29 is 47.7 Å². The highest BCUT2D eigenvalue weighted by molar-refractivity contribution is 5.93. The minimum atomic E-state index is -1.40. The van der Waals surface area contributed by atoms with Crippen molar-refractivity contribution in [3.8, 4) is 0 Å². The third kappa shape index (κ3) is 4.26. The molecule has 0 aromatic heterocycles. The van der Waals surface area contributed by atoms with E-state index in [0.717, 1.165) is 0 Å². The van der Waals surface area contributed by atoms with Crippen molar-refractivity contribution in [2.45, 2.75) is 103 Å². The van der Waals surface area contributed by atoms with Gasteiger partial charge in [0, 0.05) is 43.9 Å². The summed E-state index contributed by atoms with van der Waals surface area (Å²) in [4.78, 5) is 63.7. The Balaban J connectivity index is 1.98. The van der Waals surface area contributed by atoms with E-state index in [-0.39, 0.29) is 18.6 Å². The Kier molecular flexibility index (Phi) is 7.10. The van der Waals surface area contributed by atoms with Crippen molar-refractivity contribution in [2.75, 3.05) is 0 Å². The fraction of sp³-hybridized carbons (Fsp3) is 0.679. The van der Waals surface area contributed by atoms with Crippen LogP contribution in [0, 0.1) is 17.3 Å². The Morgan fingerprint density at radius 2 is 1.68 bits per heavy atom. The number of epoxide rings is 1. The molecule has 0 aromatic rings. The first-order valence-electron chi connectivity index (χ1n) is 13.1. The Hall–Kier alpha value is -3.01. The molecular weight excluding hydrogens is 496 g/mol. The summed E-state index contributed by atoms with van der Waals surface area (Å²) in [6.07, 6.45) is 1.63. The quantitative estimate of drug-likeness (QED) is 0.225. The second kappa shape index (κ2) is 9.63. The van der Waals surface area contributed by atoms with Gasteiger partial charge in [-0.05, 0) is 32.4 Å². The fourth-order valence-electron chi connectivity index (χ4n) is 6.60. The van der Waals surface area contributed by atoms with Gasteiger partial charge in [-0.2, -0.15) is 0 Å². The highest BCUT2D eigenvalue weighted by Gasteiger charge is 2.87. The zero-order valence-corrected chi connectivity index (χ0v) is 22.9. The molecular formula is C28H36O10. The molecule has 2 heterocycles. The Morgan fingerprint density at radius 1 is 1.05 bits per heavy atom. The second-order valence-electron chi connectivity index (χ2n) is 11.2. The number of ether oxygens (including phenoxy) is 5. The molecule has 0 amide bonds. The lowest BCUT2D eigenvalue weighted by Gasteiger charge is -2.51. The van der Waals surface area contributed by atoms with Gasteiger partial charge in [-0.1, -0.05) is 32.4 Å². The molecule has 0 aromatic carbocycles. The molecule has 0 N–H and O–H groups in total. The highest BCUT2D eigenvalue weighted by atomic mass is 16.7. The van der Waals surface area contributed by atoms with Crippen LogP contribution in [0.1, 0.15) is 67.7 Å². The normalized spacial score (nSPS) is 42.9. The molecule has 10 heteroatoms. The molecule has 4 aliphatic rings. The summed E-state index contributed by atoms with van der Waals surface area (Å²) in [7, 11) is 0. The Morgan fingerprint density at radius 3 is 2.26 bits per heavy atom. The molecule has 2 fully saturated rings. The first-order chi connectivity index (χ1) is 17.7. The molecule has 0 bridgehead atoms. The number of carbonyl (C=O) groups is 5. The van der Waals surface area contributed by atoms with E-state index in [1.807, 2.05) is 6.92 Å². The van der Waals surface area contributed by atoms with Gasteiger partial charge >= 0.3 is 23.9 Å². The number of carbonyl (C=O) groups excluding carboxylic acids is 5. The maximum atomic E-state index is 13.1. The molecule has 2 aliphatic carbocycles. The van der Waals surface area contributed by atoms with Crippen LogP contribution in [0.5, 0.6) is 0 Å². The van der Waals surface area contributed by atoms with E-state index >= 15 is 0 Å². The summed E-state index contributed by atoms with van der Waals surface area (Å²) < 4.78 is 29.6. The SMILES string of the molecule is CCCC(=O)O[C@H]1C/C(C)=C\[C@@H]2OC(=O)[C@@]3(C)O[C@]23[C@@H](OC(C)=O)[C@H]2[C@@H](C)C(=O)C=C[C@]2(C)[C@H]1OC(C)=O. The van der Waals surface area contributed by atoms with Gasteiger partial charge in [0.1, 0.15) is 18.3 Å². The molecule has 9 atom stereocenters. The van der Waals surface area contributed by atoms with Gasteiger partial charge in [0.25, 0.3) is 0 Å². The van der Waals surface area contributed by atoms with Crippen LogP contribution in [0.3, 0.4) is 0 Å². The summed E-state index contributed by atoms with van der Waals surface area (Å²) in [6, 6.07) is 0. The standard InChI is InChI=1S/C28H36O10/c1-8-9-21(32)36-19-12-14(2)13-20-28(27(7,38-28)25(33)37-20)24(35-17(5)30)22-15(3)18(31)10-11-26(22,6)23(19)34-16(4)29/h10-11,13,15,19-20,22-24H,8-9,12H2,1-7H3/b14-13-/t15-,19-,20-,22+,23-,24-,26-,27+,28-/m0/s1. The molecule has 0 saturated carbocycles. The van der Waals surface area contributed by atoms with Gasteiger partial charge in [0.2, 0.25) is 0 Å². The predicted octanol–water partition coefficient (Wildman–Crippen LogP) is 2.76. The highest BCUT2D eigenvalue weighted by Crippen LogP contribution is 2.64. The van der Waals surface area contributed by atoms with Crippen LogP contribution >= 0.6 is 0 Å². The second-order valence-corrected chi connectivity index (χ2v) is 11.2. The van der Waals surface area contributed by atoms with Crippen LogP contribution in [0.2, 0.25) is 0 Å². The molecule has 10 nitrogen and oxygen atoms in total. The molecule has 1 spiro atoms. The van der Waals surface area contributed by atoms with Gasteiger partial charge in [-0.3, -0.25) is 19.2 Å². The van der Waals surface area contributed by atoms with Crippen LogP contribution in [-0.4, -0.2) is 65.3 Å². The van der Waals surface area contributed by atoms with Crippen molar-refractivity contribution >= 4 is 29.7 Å². The molecule has 208 valence electrons. The number of esters is 4. The number of rotatable bonds is 5. The summed E-state index contributed by atoms with van der Waals surface area (Å²) in [5.74, 6) is -4.08. The number of hydrogen-bond acceptors (Lipinski definition) is 10. The average Bonchev–Trinajstić information content (AvgIpc) is 3.40. The summed E-state index contributed by atoms with van der Waals surface area (Å²) in [5.41, 5.74) is -3.27. The minimum Gasteiger partial charge on any atom is -0.459 e. The third-order valence-electron chi connectivity index (χ3n) is 8.42. The number of ketones is 1. The molecule has 4 rings (SSSR count). The van der Waals surface area contributed by atoms with Crippen LogP contribution < -0.4 is 0 Å². The number of hydrogen-bond donors (Lipinski definition) is 0. The molecule has 0 radical (unpaired) electrons. The molecule has 2 saturated heterocycles. The van der Waals surface area contributed by atoms with Gasteiger partial charge in [-0.15, -0.1) is 0 Å². The van der Waals surface area contributed by atoms with Crippen molar-refractivity contribution in [2.24, 2.45) is 17.3 Å². The van der Waals surface area contributed by atoms with Crippen LogP contribution in [0.25, 0.3) is 0 Å². The van der Waals surface area contributed by atoms with Gasteiger partial charge < -0.3 is 23.7 Å². The first-order valence-corrected chi connectivity index (χ1v) is 13.1. The van der Waals surface area contributed by atoms with E-state index in [9.17, 15) is 24.0 Å². The lowest BCUT2D eigenvalue weighted by Crippen LogP contribution is -2.61. The minimum absolute atomic E-state index is 0.169. The first kappa shape index (κ1) is 28.0. The van der Waals surface area contributed by atoms with Gasteiger partial charge in [0.15, 0.2) is 23.1 Å². The maximum absolute atomic E-state index is 13.1. The van der Waals surface area contributed by atoms with Crippen LogP contribution in [-0.2, 0) is 47.7 Å². The van der Waals surface area contributed by atoms with Crippen molar-refractivity contribution in [1.82, 2.24) is 0 Å². The molecule has 38 heavy (non-hydrogen) atoms. The topological polar surface area (TPSA) is 135 Å². The summed E-state index contributed by atoms with van der Waals surface area (Å²) in [6.45, 7) is 11.2. The fourth-order valence-corrected chi connectivity index (χ4v) is 6.60. The lowest BCUT2D eigenvalue weighted by molar-refractivity contribution is -0.193. The van der Waals surface area contributed by atoms with E-state index in [1.54, 1.807) is 39.8 Å². The van der Waals surface area contributed by atoms with Crippen LogP contribution in [0.4, 0.5) is 0 Å². The molecule has 2 aliphatic heterocycles. The maximum Gasteiger partial charge on any atom is 0.342 e. The summed E-state index contributed by atoms with van der Waals surface area (Å²) in [5, 5.41) is 0. The number of allylic oxidation sites excluding steroid dienone is 1. The van der Waals surface area contributed by atoms with E-state index in [2.05, 4.69) is 0 Å². The van der Waals surface area contributed by atoms with Crippen molar-refractivity contribution in [3.63, 3.8) is 0 Å². The predicted molar refractivity (Wildman–Crippen MR) is 131 cm³/mol. The third-order valence-corrected chi connectivity index (χ3v) is 8.42. The van der Waals surface area contributed by atoms with E-state index in [0.29, 0.717) is 12.0 Å². The van der Waals surface area contributed by atoms with Gasteiger partial charge in [-0.25, -0.2) is 4.79 Å². The Labute approximate surface area is 222 Å². The van der Waals surface area contributed by atoms with E-state index in [1.165, 1.54) is 19.9 Å². The smallest absolute Gasteiger partial charge is 0.342 e. The summed E-state index contributed by atoms with van der Waals surface area (Å²) >= 11 is 0. The zero-order chi connectivity index (χ0) is 28.2. The van der Waals surface area contributed by atoms with Gasteiger partial charge in [0.05, 0.1) is 0 Å². The average molecular weight is 533 g/mol. The van der Waals surface area contributed by atoms with E-state index < -0.39 is 76.7 Å². The largest absolute Gasteiger partial charge is 0.459 e. The van der Waals surface area contributed by atoms with Crippen molar-refractivity contribution in [1.29, 1.82) is 0 Å². The monoisotopic (exact) mass is 532 g/mol. The van der Waals surface area contributed by atoms with Crippen molar-refractivity contribution in [3.05, 3.63) is 23.8 Å².